The molecule has 6 heteroatoms. The van der Waals surface area contributed by atoms with Gasteiger partial charge in [-0.15, -0.1) is 0 Å². The van der Waals surface area contributed by atoms with Gasteiger partial charge in [-0.25, -0.2) is 0 Å². The summed E-state index contributed by atoms with van der Waals surface area (Å²) in [6, 6.07) is 15.9. The summed E-state index contributed by atoms with van der Waals surface area (Å²) in [5.41, 5.74) is 4.78. The molecule has 1 N–H and O–H groups in total. The monoisotopic (exact) mass is 405 g/mol. The summed E-state index contributed by atoms with van der Waals surface area (Å²) in [6.07, 6.45) is 2.01. The van der Waals surface area contributed by atoms with Crippen molar-refractivity contribution in [1.29, 1.82) is 0 Å². The Hall–Kier alpha value is -3.41. The molecule has 0 saturated carbocycles. The van der Waals surface area contributed by atoms with Gasteiger partial charge in [0.2, 0.25) is 5.91 Å². The highest BCUT2D eigenvalue weighted by atomic mass is 16.2. The van der Waals surface area contributed by atoms with Crippen LogP contribution >= 0.6 is 0 Å². The average Bonchev–Trinajstić information content (AvgIpc) is 2.73. The third-order valence-corrected chi connectivity index (χ3v) is 5.17. The topological polar surface area (TPSA) is 69.7 Å². The molecule has 2 aromatic rings. The second-order valence-electron chi connectivity index (χ2n) is 7.66. The first-order valence-corrected chi connectivity index (χ1v) is 10.0. The third-order valence-electron chi connectivity index (χ3n) is 5.17. The number of nitrogens with one attached hydrogen (secondary N) is 1. The molecular weight excluding hydrogens is 378 g/mol. The molecule has 0 unspecified atom stereocenters. The van der Waals surface area contributed by atoms with Crippen molar-refractivity contribution in [2.75, 3.05) is 32.5 Å². The van der Waals surface area contributed by atoms with Crippen LogP contribution in [-0.2, 0) is 14.4 Å². The maximum atomic E-state index is 12.7. The number of aryl methyl sites for hydroxylation is 1. The number of benzene rings is 2. The van der Waals surface area contributed by atoms with Crippen LogP contribution in [-0.4, -0.2) is 55.1 Å². The predicted octanol–water partition coefficient (Wildman–Crippen LogP) is 3.24. The number of carbonyl (C=O) groups is 3. The number of aldehydes is 1. The number of nitrogens with zero attached hydrogens (tertiary/aromatic N) is 2. The quantitative estimate of drug-likeness (QED) is 0.749. The molecule has 1 aliphatic rings. The smallest absolute Gasteiger partial charge is 0.270 e. The molecule has 0 bridgehead atoms. The molecule has 2 aromatic carbocycles. The second kappa shape index (κ2) is 9.39. The van der Waals surface area contributed by atoms with Crippen molar-refractivity contribution in [1.82, 2.24) is 9.80 Å². The molecule has 0 atom stereocenters. The summed E-state index contributed by atoms with van der Waals surface area (Å²) >= 11 is 0. The zero-order valence-electron chi connectivity index (χ0n) is 17.6. The van der Waals surface area contributed by atoms with Crippen molar-refractivity contribution in [2.24, 2.45) is 0 Å². The molecule has 156 valence electrons. The fraction of sp³-hybridized carbons (Fsp3) is 0.292. The number of allylic oxidation sites excluding steroid dienone is 1. The lowest BCUT2D eigenvalue weighted by molar-refractivity contribution is -0.127. The zero-order chi connectivity index (χ0) is 21.7. The van der Waals surface area contributed by atoms with Crippen LogP contribution in [0.5, 0.6) is 0 Å². The molecule has 1 aliphatic heterocycles. The Morgan fingerprint density at radius 1 is 1.13 bits per heavy atom. The lowest BCUT2D eigenvalue weighted by Crippen LogP contribution is -2.42. The summed E-state index contributed by atoms with van der Waals surface area (Å²) in [5.74, 6) is -0.481. The number of rotatable bonds is 6. The van der Waals surface area contributed by atoms with Gasteiger partial charge in [-0.2, -0.15) is 0 Å². The first-order valence-electron chi connectivity index (χ1n) is 10.0. The van der Waals surface area contributed by atoms with Crippen LogP contribution in [0.2, 0.25) is 0 Å². The largest absolute Gasteiger partial charge is 0.357 e. The molecular formula is C24H27N3O3. The second-order valence-corrected chi connectivity index (χ2v) is 7.66. The SMILES string of the molecule is Cc1cc(NC(=O)CN2CCCC(C=O)=C2C(=O)N(C)C)ccc1-c1ccccc1. The van der Waals surface area contributed by atoms with Crippen molar-refractivity contribution < 1.29 is 14.4 Å². The highest BCUT2D eigenvalue weighted by molar-refractivity contribution is 6.00. The van der Waals surface area contributed by atoms with Gasteiger partial charge in [-0.05, 0) is 48.6 Å². The van der Waals surface area contributed by atoms with Gasteiger partial charge in [0.1, 0.15) is 12.0 Å². The van der Waals surface area contributed by atoms with Crippen molar-refractivity contribution in [3.05, 3.63) is 65.4 Å². The number of likely N-dealkylation sites (N-methyl/N-ethyl adjacent to an activating group) is 1. The van der Waals surface area contributed by atoms with E-state index in [1.807, 2.05) is 43.3 Å². The minimum absolute atomic E-state index is 0.0196. The van der Waals surface area contributed by atoms with E-state index in [1.165, 1.54) is 4.90 Å². The fourth-order valence-electron chi connectivity index (χ4n) is 3.71. The molecule has 0 spiro atoms. The Labute approximate surface area is 177 Å². The third kappa shape index (κ3) is 4.76. The van der Waals surface area contributed by atoms with Crippen molar-refractivity contribution in [3.8, 4) is 11.1 Å². The predicted molar refractivity (Wildman–Crippen MR) is 118 cm³/mol. The molecule has 2 amide bonds. The summed E-state index contributed by atoms with van der Waals surface area (Å²) in [4.78, 5) is 39.8. The molecule has 6 nitrogen and oxygen atoms in total. The Balaban J connectivity index is 1.74. The van der Waals surface area contributed by atoms with E-state index in [9.17, 15) is 14.4 Å². The van der Waals surface area contributed by atoms with Gasteiger partial charge in [-0.1, -0.05) is 36.4 Å². The standard InChI is InChI=1S/C24H27N3O3/c1-17-14-20(11-12-21(17)18-8-5-4-6-9-18)25-22(29)15-27-13-7-10-19(16-28)23(27)24(30)26(2)3/h4-6,8-9,11-12,14,16H,7,10,13,15H2,1-3H3,(H,25,29). The lowest BCUT2D eigenvalue weighted by Gasteiger charge is -2.32. The van der Waals surface area contributed by atoms with Gasteiger partial charge in [-0.3, -0.25) is 14.4 Å². The zero-order valence-corrected chi connectivity index (χ0v) is 17.6. The van der Waals surface area contributed by atoms with E-state index >= 15 is 0 Å². The molecule has 1 heterocycles. The first kappa shape index (κ1) is 21.3. The Bertz CT molecular complexity index is 980. The van der Waals surface area contributed by atoms with Gasteiger partial charge in [0, 0.05) is 31.9 Å². The summed E-state index contributed by atoms with van der Waals surface area (Å²) < 4.78 is 0. The van der Waals surface area contributed by atoms with E-state index in [2.05, 4.69) is 17.4 Å². The van der Waals surface area contributed by atoms with Crippen LogP contribution in [0, 0.1) is 6.92 Å². The van der Waals surface area contributed by atoms with Crippen molar-refractivity contribution >= 4 is 23.8 Å². The van der Waals surface area contributed by atoms with Gasteiger partial charge in [0.05, 0.1) is 6.54 Å². The number of hydrogen-bond acceptors (Lipinski definition) is 4. The summed E-state index contributed by atoms with van der Waals surface area (Å²) in [6.45, 7) is 2.59. The maximum Gasteiger partial charge on any atom is 0.270 e. The summed E-state index contributed by atoms with van der Waals surface area (Å²) in [5, 5.41) is 2.91. The van der Waals surface area contributed by atoms with E-state index in [0.717, 1.165) is 29.4 Å². The van der Waals surface area contributed by atoms with Gasteiger partial charge >= 0.3 is 0 Å². The Morgan fingerprint density at radius 2 is 1.87 bits per heavy atom. The summed E-state index contributed by atoms with van der Waals surface area (Å²) in [7, 11) is 3.28. The molecule has 30 heavy (non-hydrogen) atoms. The van der Waals surface area contributed by atoms with Crippen LogP contribution in [0.4, 0.5) is 5.69 Å². The first-order chi connectivity index (χ1) is 14.4. The normalized spacial score (nSPS) is 13.8. The molecule has 0 fully saturated rings. The van der Waals surface area contributed by atoms with E-state index in [1.54, 1.807) is 19.0 Å². The van der Waals surface area contributed by atoms with Gasteiger partial charge < -0.3 is 15.1 Å². The average molecular weight is 405 g/mol. The van der Waals surface area contributed by atoms with Crippen LogP contribution in [0.1, 0.15) is 18.4 Å². The van der Waals surface area contributed by atoms with E-state index < -0.39 is 0 Å². The maximum absolute atomic E-state index is 12.7. The Kier molecular flexibility index (Phi) is 6.67. The van der Waals surface area contributed by atoms with Crippen LogP contribution in [0.15, 0.2) is 59.8 Å². The minimum atomic E-state index is -0.257. The molecule has 0 aromatic heterocycles. The van der Waals surface area contributed by atoms with E-state index in [-0.39, 0.29) is 18.4 Å². The lowest BCUT2D eigenvalue weighted by atomic mass is 10.00. The molecule has 0 aliphatic carbocycles. The van der Waals surface area contributed by atoms with E-state index in [4.69, 9.17) is 0 Å². The van der Waals surface area contributed by atoms with Crippen LogP contribution in [0.25, 0.3) is 11.1 Å². The van der Waals surface area contributed by atoms with Gasteiger partial charge in [0.25, 0.3) is 5.91 Å². The van der Waals surface area contributed by atoms with Crippen LogP contribution < -0.4 is 5.32 Å². The Morgan fingerprint density at radius 3 is 2.50 bits per heavy atom. The van der Waals surface area contributed by atoms with Crippen molar-refractivity contribution in [2.45, 2.75) is 19.8 Å². The minimum Gasteiger partial charge on any atom is -0.357 e. The molecule has 0 saturated heterocycles. The van der Waals surface area contributed by atoms with E-state index in [0.29, 0.717) is 29.9 Å². The molecule has 3 rings (SSSR count). The van der Waals surface area contributed by atoms with Crippen molar-refractivity contribution in [3.63, 3.8) is 0 Å². The number of amides is 2. The molecule has 0 radical (unpaired) electrons. The van der Waals surface area contributed by atoms with Crippen LogP contribution in [0.3, 0.4) is 0 Å². The number of carbonyl (C=O) groups excluding carboxylic acids is 3. The van der Waals surface area contributed by atoms with Gasteiger partial charge in [0.15, 0.2) is 0 Å². The highest BCUT2D eigenvalue weighted by Gasteiger charge is 2.28. The number of anilines is 1. The fourth-order valence-corrected chi connectivity index (χ4v) is 3.71. The highest BCUT2D eigenvalue weighted by Crippen LogP contribution is 2.26. The number of hydrogen-bond donors (Lipinski definition) is 1.